The Morgan fingerprint density at radius 2 is 1.95 bits per heavy atom. The monoisotopic (exact) mass is 308 g/mol. The van der Waals surface area contributed by atoms with Crippen LogP contribution in [-0.4, -0.2) is 45.3 Å². The lowest BCUT2D eigenvalue weighted by Gasteiger charge is -2.32. The van der Waals surface area contributed by atoms with Gasteiger partial charge in [0.2, 0.25) is 0 Å². The first-order chi connectivity index (χ1) is 10.0. The first-order valence-electron chi connectivity index (χ1n) is 6.80. The summed E-state index contributed by atoms with van der Waals surface area (Å²) in [6.07, 6.45) is 1.29. The minimum absolute atomic E-state index is 0.111. The number of benzene rings is 1. The van der Waals surface area contributed by atoms with Crippen LogP contribution in [-0.2, 0) is 19.6 Å². The van der Waals surface area contributed by atoms with E-state index in [0.29, 0.717) is 37.3 Å². The molecule has 3 rings (SSSR count). The zero-order valence-electron chi connectivity index (χ0n) is 11.7. The third-order valence-electron chi connectivity index (χ3n) is 3.94. The highest BCUT2D eigenvalue weighted by Gasteiger charge is 2.34. The van der Waals surface area contributed by atoms with Crippen molar-refractivity contribution in [3.05, 3.63) is 29.8 Å². The maximum Gasteiger partial charge on any atom is 0.308 e. The van der Waals surface area contributed by atoms with Crippen molar-refractivity contribution < 1.29 is 17.9 Å². The van der Waals surface area contributed by atoms with E-state index >= 15 is 0 Å². The van der Waals surface area contributed by atoms with Gasteiger partial charge in [-0.2, -0.15) is 8.42 Å². The van der Waals surface area contributed by atoms with E-state index in [9.17, 15) is 13.2 Å². The molecule has 112 valence electrons. The lowest BCUT2D eigenvalue weighted by atomic mass is 9.96. The van der Waals surface area contributed by atoms with Gasteiger partial charge >= 0.3 is 5.97 Å². The van der Waals surface area contributed by atoms with Crippen molar-refractivity contribution in [2.24, 2.45) is 10.3 Å². The lowest BCUT2D eigenvalue weighted by Crippen LogP contribution is -2.40. The second-order valence-corrected chi connectivity index (χ2v) is 6.74. The van der Waals surface area contributed by atoms with Crippen LogP contribution in [0.25, 0.3) is 0 Å². The Hall–Kier alpha value is -1.89. The van der Waals surface area contributed by atoms with Crippen LogP contribution in [0.4, 0.5) is 0 Å². The molecule has 0 radical (unpaired) electrons. The molecule has 2 heterocycles. The molecule has 0 saturated carbocycles. The average molecular weight is 308 g/mol. The maximum absolute atomic E-state index is 12.0. The Morgan fingerprint density at radius 1 is 1.29 bits per heavy atom. The molecule has 2 aliphatic heterocycles. The summed E-state index contributed by atoms with van der Waals surface area (Å²) in [5.74, 6) is 0.185. The fourth-order valence-electron chi connectivity index (χ4n) is 2.81. The number of carbonyl (C=O) groups is 1. The average Bonchev–Trinajstić information content (AvgIpc) is 2.79. The van der Waals surface area contributed by atoms with Crippen molar-refractivity contribution in [3.63, 3.8) is 0 Å². The Balaban J connectivity index is 1.83. The molecule has 0 bridgehead atoms. The molecule has 6 nitrogen and oxygen atoms in total. The van der Waals surface area contributed by atoms with Gasteiger partial charge in [-0.15, -0.1) is 4.40 Å². The number of piperidine rings is 1. The second kappa shape index (κ2) is 5.14. The van der Waals surface area contributed by atoms with Gasteiger partial charge in [-0.1, -0.05) is 12.1 Å². The largest absolute Gasteiger partial charge is 0.469 e. The molecule has 21 heavy (non-hydrogen) atoms. The Labute approximate surface area is 123 Å². The molecule has 0 amide bonds. The number of carbonyl (C=O) groups excluding carboxylic acids is 1. The number of nitrogens with zero attached hydrogens (tertiary/aromatic N) is 2. The highest BCUT2D eigenvalue weighted by atomic mass is 32.2. The summed E-state index contributed by atoms with van der Waals surface area (Å²) in [7, 11) is -2.20. The molecule has 0 atom stereocenters. The molecule has 0 unspecified atom stereocenters. The first kappa shape index (κ1) is 14.1. The van der Waals surface area contributed by atoms with Crippen LogP contribution >= 0.6 is 0 Å². The number of esters is 1. The normalized spacial score (nSPS) is 20.8. The van der Waals surface area contributed by atoms with Crippen LogP contribution in [0.15, 0.2) is 33.6 Å². The van der Waals surface area contributed by atoms with Gasteiger partial charge in [0.15, 0.2) is 5.84 Å². The molecule has 0 aliphatic carbocycles. The van der Waals surface area contributed by atoms with Crippen molar-refractivity contribution >= 4 is 21.8 Å². The van der Waals surface area contributed by atoms with Gasteiger partial charge in [-0.05, 0) is 25.0 Å². The summed E-state index contributed by atoms with van der Waals surface area (Å²) in [5, 5.41) is 0. The summed E-state index contributed by atoms with van der Waals surface area (Å²) in [6.45, 7) is 1.20. The third-order valence-corrected chi connectivity index (χ3v) is 5.27. The van der Waals surface area contributed by atoms with Crippen LogP contribution in [0.5, 0.6) is 0 Å². The van der Waals surface area contributed by atoms with Gasteiger partial charge in [0.05, 0.1) is 13.0 Å². The molecule has 0 N–H and O–H groups in total. The second-order valence-electron chi connectivity index (χ2n) is 5.17. The molecule has 1 fully saturated rings. The van der Waals surface area contributed by atoms with Crippen LogP contribution in [0.2, 0.25) is 0 Å². The van der Waals surface area contributed by atoms with E-state index in [1.54, 1.807) is 24.3 Å². The van der Waals surface area contributed by atoms with E-state index in [0.717, 1.165) is 0 Å². The summed E-state index contributed by atoms with van der Waals surface area (Å²) < 4.78 is 32.7. The predicted octanol–water partition coefficient (Wildman–Crippen LogP) is 1.02. The molecular formula is C14H16N2O4S. The Morgan fingerprint density at radius 3 is 2.62 bits per heavy atom. The number of likely N-dealkylation sites (tertiary alicyclic amines) is 1. The van der Waals surface area contributed by atoms with E-state index in [2.05, 4.69) is 4.40 Å². The van der Waals surface area contributed by atoms with Crippen molar-refractivity contribution in [3.8, 4) is 0 Å². The Kier molecular flexibility index (Phi) is 3.44. The fraction of sp³-hybridized carbons (Fsp3) is 0.429. The van der Waals surface area contributed by atoms with E-state index in [-0.39, 0.29) is 16.8 Å². The van der Waals surface area contributed by atoms with Gasteiger partial charge in [0, 0.05) is 18.7 Å². The van der Waals surface area contributed by atoms with Crippen LogP contribution in [0, 0.1) is 5.92 Å². The lowest BCUT2D eigenvalue weighted by molar-refractivity contribution is -0.146. The molecule has 7 heteroatoms. The number of hydrogen-bond acceptors (Lipinski definition) is 5. The Bertz CT molecular complexity index is 703. The summed E-state index contributed by atoms with van der Waals surface area (Å²) in [4.78, 5) is 13.7. The quantitative estimate of drug-likeness (QED) is 0.724. The van der Waals surface area contributed by atoms with Gasteiger partial charge in [0.1, 0.15) is 4.90 Å². The zero-order chi connectivity index (χ0) is 15.0. The van der Waals surface area contributed by atoms with Crippen molar-refractivity contribution in [1.29, 1.82) is 0 Å². The highest BCUT2D eigenvalue weighted by molar-refractivity contribution is 7.90. The number of hydrogen-bond donors (Lipinski definition) is 0. The standard InChI is InChI=1S/C14H16N2O4S/c1-20-14(17)10-6-8-16(9-7-10)13-11-4-2-3-5-12(11)21(18,19)15-13/h2-5,10H,6-9H2,1H3. The maximum atomic E-state index is 12.0. The molecule has 0 aromatic heterocycles. The van der Waals surface area contributed by atoms with E-state index in [1.165, 1.54) is 7.11 Å². The highest BCUT2D eigenvalue weighted by Crippen LogP contribution is 2.29. The van der Waals surface area contributed by atoms with Crippen LogP contribution in [0.1, 0.15) is 18.4 Å². The molecule has 1 aromatic rings. The zero-order valence-corrected chi connectivity index (χ0v) is 12.5. The number of ether oxygens (including phenoxy) is 1. The molecule has 1 saturated heterocycles. The van der Waals surface area contributed by atoms with Crippen molar-refractivity contribution in [1.82, 2.24) is 4.90 Å². The molecule has 0 spiro atoms. The van der Waals surface area contributed by atoms with Crippen LogP contribution in [0.3, 0.4) is 0 Å². The number of rotatable bonds is 1. The minimum Gasteiger partial charge on any atom is -0.469 e. The minimum atomic E-state index is -3.58. The number of methoxy groups -OCH3 is 1. The first-order valence-corrected chi connectivity index (χ1v) is 8.24. The fourth-order valence-corrected chi connectivity index (χ4v) is 4.04. The van der Waals surface area contributed by atoms with Crippen LogP contribution < -0.4 is 0 Å². The predicted molar refractivity (Wildman–Crippen MR) is 76.5 cm³/mol. The van der Waals surface area contributed by atoms with Gasteiger partial charge in [-0.3, -0.25) is 4.79 Å². The topological polar surface area (TPSA) is 76.0 Å². The van der Waals surface area contributed by atoms with Gasteiger partial charge in [0.25, 0.3) is 10.0 Å². The summed E-state index contributed by atoms with van der Waals surface area (Å²) in [6, 6.07) is 6.84. The van der Waals surface area contributed by atoms with Crippen molar-refractivity contribution in [2.75, 3.05) is 20.2 Å². The SMILES string of the molecule is COC(=O)C1CCN(C2=NS(=O)(=O)c3ccccc32)CC1. The number of amidine groups is 1. The summed E-state index contributed by atoms with van der Waals surface area (Å²) >= 11 is 0. The summed E-state index contributed by atoms with van der Waals surface area (Å²) in [5.41, 5.74) is 0.647. The molecule has 2 aliphatic rings. The van der Waals surface area contributed by atoms with E-state index < -0.39 is 10.0 Å². The molecule has 1 aromatic carbocycles. The molecular weight excluding hydrogens is 292 g/mol. The van der Waals surface area contributed by atoms with E-state index in [4.69, 9.17) is 4.74 Å². The van der Waals surface area contributed by atoms with Gasteiger partial charge < -0.3 is 9.64 Å². The van der Waals surface area contributed by atoms with Gasteiger partial charge in [-0.25, -0.2) is 0 Å². The van der Waals surface area contributed by atoms with E-state index in [1.807, 2.05) is 4.90 Å². The smallest absolute Gasteiger partial charge is 0.308 e. The number of sulfonamides is 1. The third kappa shape index (κ3) is 2.42. The van der Waals surface area contributed by atoms with Crippen molar-refractivity contribution in [2.45, 2.75) is 17.7 Å². The number of fused-ring (bicyclic) bond motifs is 1.